The van der Waals surface area contributed by atoms with Crippen molar-refractivity contribution in [2.45, 2.75) is 32.5 Å². The summed E-state index contributed by atoms with van der Waals surface area (Å²) in [5, 5.41) is 0. The summed E-state index contributed by atoms with van der Waals surface area (Å²) in [7, 11) is 0. The van der Waals surface area contributed by atoms with Gasteiger partial charge in [0, 0.05) is 49.8 Å². The second-order valence-corrected chi connectivity index (χ2v) is 10.4. The Labute approximate surface area is 219 Å². The molecule has 3 aromatic rings. The first-order chi connectivity index (χ1) is 18.0. The molecule has 0 aromatic heterocycles. The molecule has 38 heavy (non-hydrogen) atoms. The van der Waals surface area contributed by atoms with E-state index >= 15 is 0 Å². The van der Waals surface area contributed by atoms with Gasteiger partial charge in [-0.15, -0.1) is 0 Å². The number of likely N-dealkylation sites (tertiary alicyclic amines) is 1. The van der Waals surface area contributed by atoms with Crippen LogP contribution in [0.5, 0.6) is 0 Å². The predicted octanol–water partition coefficient (Wildman–Crippen LogP) is 7.00. The van der Waals surface area contributed by atoms with Gasteiger partial charge in [-0.1, -0.05) is 50.2 Å². The fourth-order valence-corrected chi connectivity index (χ4v) is 5.20. The van der Waals surface area contributed by atoms with E-state index in [9.17, 15) is 26.7 Å². The lowest BCUT2D eigenvalue weighted by Gasteiger charge is -2.30. The fraction of sp³-hybridized carbons (Fsp3) is 0.367. The van der Waals surface area contributed by atoms with Crippen LogP contribution in [-0.4, -0.2) is 41.9 Å². The molecule has 4 rings (SSSR count). The molecule has 1 amide bonds. The van der Waals surface area contributed by atoms with Gasteiger partial charge in [0.25, 0.3) is 5.91 Å². The van der Waals surface area contributed by atoms with Crippen molar-refractivity contribution in [2.24, 2.45) is 11.8 Å². The van der Waals surface area contributed by atoms with E-state index in [2.05, 4.69) is 0 Å². The molecule has 0 bridgehead atoms. The van der Waals surface area contributed by atoms with Crippen LogP contribution in [0.2, 0.25) is 0 Å². The second-order valence-electron chi connectivity index (χ2n) is 10.4. The molecule has 0 unspecified atom stereocenters. The molecule has 1 aliphatic rings. The maximum atomic E-state index is 14.4. The molecule has 202 valence electrons. The zero-order valence-electron chi connectivity index (χ0n) is 21.4. The zero-order valence-corrected chi connectivity index (χ0v) is 21.4. The molecule has 0 saturated carbocycles. The summed E-state index contributed by atoms with van der Waals surface area (Å²) in [5.41, 5.74) is 0.684. The Morgan fingerprint density at radius 3 is 2.34 bits per heavy atom. The number of rotatable bonds is 8. The summed E-state index contributed by atoms with van der Waals surface area (Å²) in [6.07, 6.45) is -4.47. The van der Waals surface area contributed by atoms with Crippen molar-refractivity contribution >= 4 is 5.91 Å². The Hall–Kier alpha value is -3.26. The Balaban J connectivity index is 1.64. The van der Waals surface area contributed by atoms with Gasteiger partial charge in [0.15, 0.2) is 0 Å². The van der Waals surface area contributed by atoms with Gasteiger partial charge in [0.1, 0.15) is 11.6 Å². The van der Waals surface area contributed by atoms with Crippen molar-refractivity contribution in [1.29, 1.82) is 0 Å². The third kappa shape index (κ3) is 6.78. The molecule has 1 saturated heterocycles. The van der Waals surface area contributed by atoms with E-state index in [0.29, 0.717) is 49.4 Å². The molecule has 0 N–H and O–H groups in total. The van der Waals surface area contributed by atoms with Gasteiger partial charge in [-0.3, -0.25) is 9.69 Å². The van der Waals surface area contributed by atoms with Gasteiger partial charge in [-0.05, 0) is 53.8 Å². The quantitative estimate of drug-likeness (QED) is 0.293. The number of benzene rings is 3. The van der Waals surface area contributed by atoms with Crippen LogP contribution in [0.25, 0.3) is 0 Å². The normalized spacial score (nSPS) is 18.2. The Bertz CT molecular complexity index is 1240. The van der Waals surface area contributed by atoms with Crippen LogP contribution in [0.4, 0.5) is 22.0 Å². The lowest BCUT2D eigenvalue weighted by atomic mass is 9.87. The van der Waals surface area contributed by atoms with Crippen LogP contribution >= 0.6 is 0 Å². The molecule has 2 atom stereocenters. The number of amides is 1. The van der Waals surface area contributed by atoms with E-state index < -0.39 is 17.6 Å². The van der Waals surface area contributed by atoms with Gasteiger partial charge in [0.05, 0.1) is 5.56 Å². The second kappa shape index (κ2) is 11.6. The average Bonchev–Trinajstić information content (AvgIpc) is 3.26. The average molecular weight is 531 g/mol. The van der Waals surface area contributed by atoms with E-state index in [-0.39, 0.29) is 29.5 Å². The highest BCUT2D eigenvalue weighted by Crippen LogP contribution is 2.37. The van der Waals surface area contributed by atoms with Gasteiger partial charge in [-0.25, -0.2) is 8.78 Å². The Morgan fingerprint density at radius 1 is 0.974 bits per heavy atom. The van der Waals surface area contributed by atoms with Crippen molar-refractivity contribution in [2.75, 3.05) is 26.2 Å². The van der Waals surface area contributed by atoms with Crippen LogP contribution in [0.1, 0.15) is 46.8 Å². The molecule has 1 aliphatic heterocycles. The molecular formula is C30H31F5N2O. The number of hydrogen-bond acceptors (Lipinski definition) is 2. The topological polar surface area (TPSA) is 23.6 Å². The molecule has 3 nitrogen and oxygen atoms in total. The Kier molecular flexibility index (Phi) is 8.51. The summed E-state index contributed by atoms with van der Waals surface area (Å²) in [6.45, 7) is 5.94. The SMILES string of the molecule is CC(C)CN(C[C@@H]1CN(Cc2ccccc2F)C[C@@H]1c1cccc(C(F)(F)F)c1)C(=O)c1ccc(F)cc1. The molecule has 1 heterocycles. The summed E-state index contributed by atoms with van der Waals surface area (Å²) >= 11 is 0. The predicted molar refractivity (Wildman–Crippen MR) is 136 cm³/mol. The third-order valence-electron chi connectivity index (χ3n) is 6.93. The number of alkyl halides is 3. The monoisotopic (exact) mass is 530 g/mol. The number of halogens is 5. The summed E-state index contributed by atoms with van der Waals surface area (Å²) in [4.78, 5) is 17.2. The van der Waals surface area contributed by atoms with Crippen molar-refractivity contribution in [3.63, 3.8) is 0 Å². The first kappa shape index (κ1) is 27.8. The lowest BCUT2D eigenvalue weighted by molar-refractivity contribution is -0.137. The van der Waals surface area contributed by atoms with E-state index in [1.807, 2.05) is 18.7 Å². The smallest absolute Gasteiger partial charge is 0.338 e. The highest BCUT2D eigenvalue weighted by atomic mass is 19.4. The summed E-state index contributed by atoms with van der Waals surface area (Å²) in [5.74, 6) is -1.37. The van der Waals surface area contributed by atoms with Crippen molar-refractivity contribution in [3.8, 4) is 0 Å². The van der Waals surface area contributed by atoms with Gasteiger partial charge < -0.3 is 4.90 Å². The highest BCUT2D eigenvalue weighted by molar-refractivity contribution is 5.94. The van der Waals surface area contributed by atoms with Crippen LogP contribution in [0.3, 0.4) is 0 Å². The largest absolute Gasteiger partial charge is 0.416 e. The number of carbonyl (C=O) groups is 1. The maximum absolute atomic E-state index is 14.4. The number of hydrogen-bond donors (Lipinski definition) is 0. The Morgan fingerprint density at radius 2 is 1.68 bits per heavy atom. The van der Waals surface area contributed by atoms with Crippen molar-refractivity contribution in [3.05, 3.63) is 107 Å². The van der Waals surface area contributed by atoms with Crippen LogP contribution < -0.4 is 0 Å². The summed E-state index contributed by atoms with van der Waals surface area (Å²) < 4.78 is 68.4. The van der Waals surface area contributed by atoms with E-state index in [4.69, 9.17) is 0 Å². The summed E-state index contributed by atoms with van der Waals surface area (Å²) in [6, 6.07) is 17.1. The molecule has 0 spiro atoms. The van der Waals surface area contributed by atoms with Crippen molar-refractivity contribution in [1.82, 2.24) is 9.80 Å². The molecule has 0 radical (unpaired) electrons. The first-order valence-corrected chi connectivity index (χ1v) is 12.7. The molecule has 1 fully saturated rings. The minimum absolute atomic E-state index is 0.141. The van der Waals surface area contributed by atoms with E-state index in [0.717, 1.165) is 6.07 Å². The molecular weight excluding hydrogens is 499 g/mol. The fourth-order valence-electron chi connectivity index (χ4n) is 5.20. The molecule has 3 aromatic carbocycles. The van der Waals surface area contributed by atoms with Crippen LogP contribution in [0.15, 0.2) is 72.8 Å². The zero-order chi connectivity index (χ0) is 27.4. The third-order valence-corrected chi connectivity index (χ3v) is 6.93. The molecule has 8 heteroatoms. The lowest BCUT2D eigenvalue weighted by Crippen LogP contribution is -2.39. The minimum atomic E-state index is -4.47. The number of nitrogens with zero attached hydrogens (tertiary/aromatic N) is 2. The maximum Gasteiger partial charge on any atom is 0.416 e. The van der Waals surface area contributed by atoms with Gasteiger partial charge >= 0.3 is 6.18 Å². The molecule has 0 aliphatic carbocycles. The van der Waals surface area contributed by atoms with Crippen LogP contribution in [0, 0.1) is 23.5 Å². The van der Waals surface area contributed by atoms with Crippen LogP contribution in [-0.2, 0) is 12.7 Å². The highest BCUT2D eigenvalue weighted by Gasteiger charge is 2.38. The minimum Gasteiger partial charge on any atom is -0.338 e. The first-order valence-electron chi connectivity index (χ1n) is 12.7. The van der Waals surface area contributed by atoms with Gasteiger partial charge in [0.2, 0.25) is 0 Å². The number of carbonyl (C=O) groups excluding carboxylic acids is 1. The van der Waals surface area contributed by atoms with E-state index in [1.165, 1.54) is 42.5 Å². The standard InChI is InChI=1S/C30H31F5N2O/c1-20(2)15-37(29(38)21-10-12-26(31)13-11-21)18-24-17-36(16-23-6-3-4-9-28(23)32)19-27(24)22-7-5-8-25(14-22)30(33,34)35/h3-14,20,24,27H,15-19H2,1-2H3/t24-,27+/m0/s1. The van der Waals surface area contributed by atoms with Crippen molar-refractivity contribution < 1.29 is 26.7 Å². The van der Waals surface area contributed by atoms with E-state index in [1.54, 1.807) is 29.2 Å². The van der Waals surface area contributed by atoms with Gasteiger partial charge in [-0.2, -0.15) is 13.2 Å².